The van der Waals surface area contributed by atoms with Crippen LogP contribution in [0, 0.1) is 0 Å². The molecule has 0 N–H and O–H groups in total. The normalized spacial score (nSPS) is 11.5. The molecule has 2 aromatic heterocycles. The zero-order valence-electron chi connectivity index (χ0n) is 25.2. The van der Waals surface area contributed by atoms with Crippen LogP contribution in [0.2, 0.25) is 0 Å². The first-order valence-electron chi connectivity index (χ1n) is 14.0. The Morgan fingerprint density at radius 2 is 0.622 bits per heavy atom. The molecule has 0 nitrogen and oxygen atoms in total. The van der Waals surface area contributed by atoms with Crippen LogP contribution >= 0.6 is 81.5 Å². The summed E-state index contributed by atoms with van der Waals surface area (Å²) in [5.74, 6) is 0. The van der Waals surface area contributed by atoms with Gasteiger partial charge in [-0.25, -0.2) is 0 Å². The second kappa shape index (κ2) is 16.2. The third-order valence-electron chi connectivity index (χ3n) is 6.90. The van der Waals surface area contributed by atoms with Crippen molar-refractivity contribution < 1.29 is 0 Å². The number of hydrogen-bond acceptors (Lipinski definition) is 7. The highest BCUT2D eigenvalue weighted by atomic mass is 32.2. The Hall–Kier alpha value is -1.27. The lowest BCUT2D eigenvalue weighted by atomic mass is 10.4. The minimum absolute atomic E-state index is 0.142. The van der Waals surface area contributed by atoms with Gasteiger partial charge in [-0.2, -0.15) is 0 Å². The van der Waals surface area contributed by atoms with E-state index in [1.165, 1.54) is 56.0 Å². The highest BCUT2D eigenvalue weighted by molar-refractivity contribution is 8.04. The summed E-state index contributed by atoms with van der Waals surface area (Å²) in [5, 5.41) is 0. The molecule has 0 atom stereocenters. The average molecular weight is 753 g/mol. The molecule has 45 heavy (non-hydrogen) atoms. The van der Waals surface area contributed by atoms with Gasteiger partial charge in [0.05, 0.1) is 8.42 Å². The molecule has 228 valence electrons. The van der Waals surface area contributed by atoms with E-state index in [0.717, 1.165) is 0 Å². The minimum Gasteiger partial charge on any atom is -0.130 e. The molecule has 9 heteroatoms. The summed E-state index contributed by atoms with van der Waals surface area (Å²) in [5.41, 5.74) is 0. The van der Waals surface area contributed by atoms with Gasteiger partial charge in [-0.3, -0.25) is 0 Å². The molecule has 0 aliphatic carbocycles. The molecular weight excluding hydrogens is 721 g/mol. The third kappa shape index (κ3) is 8.24. The van der Waals surface area contributed by atoms with E-state index in [-0.39, 0.29) is 21.8 Å². The van der Waals surface area contributed by atoms with Crippen molar-refractivity contribution in [3.63, 3.8) is 0 Å². The zero-order chi connectivity index (χ0) is 31.2. The molecule has 0 aliphatic heterocycles. The van der Waals surface area contributed by atoms with E-state index in [1.54, 1.807) is 47.0 Å². The smallest absolute Gasteiger partial charge is 0.130 e. The van der Waals surface area contributed by atoms with Crippen molar-refractivity contribution in [2.24, 2.45) is 0 Å². The van der Waals surface area contributed by atoms with Crippen molar-refractivity contribution in [1.29, 1.82) is 0 Å². The second-order valence-electron chi connectivity index (χ2n) is 9.56. The Morgan fingerprint density at radius 3 is 0.867 bits per heavy atom. The van der Waals surface area contributed by atoms with Gasteiger partial charge in [0.15, 0.2) is 19.6 Å². The molecular formula is C36H32S9+2. The fraction of sp³-hybridized carbons (Fsp3) is 0.111. The second-order valence-corrected chi connectivity index (χ2v) is 21.4. The van der Waals surface area contributed by atoms with E-state index >= 15 is 0 Å². The van der Waals surface area contributed by atoms with Crippen LogP contribution in [-0.2, 0) is 21.8 Å². The van der Waals surface area contributed by atoms with Crippen LogP contribution in [0.3, 0.4) is 0 Å². The van der Waals surface area contributed by atoms with Crippen LogP contribution < -0.4 is 0 Å². The summed E-state index contributed by atoms with van der Waals surface area (Å²) in [6, 6.07) is 45.9. The first kappa shape index (κ1) is 33.6. The van der Waals surface area contributed by atoms with E-state index in [0.29, 0.717) is 0 Å². The van der Waals surface area contributed by atoms with Crippen LogP contribution in [-0.4, -0.2) is 25.0 Å². The molecule has 0 saturated heterocycles. The largest absolute Gasteiger partial charge is 0.221 e. The van der Waals surface area contributed by atoms with Crippen LogP contribution in [0.15, 0.2) is 177 Å². The maximum atomic E-state index is 2.35. The molecule has 4 aromatic carbocycles. The van der Waals surface area contributed by atoms with Gasteiger partial charge in [0.25, 0.3) is 0 Å². The number of benzene rings is 4. The summed E-state index contributed by atoms with van der Waals surface area (Å²) in [4.78, 5) is 10.7. The molecule has 6 aromatic rings. The van der Waals surface area contributed by atoms with Gasteiger partial charge in [0, 0.05) is 31.7 Å². The van der Waals surface area contributed by atoms with Crippen molar-refractivity contribution in [2.45, 2.75) is 56.0 Å². The Bertz CT molecular complexity index is 1570. The van der Waals surface area contributed by atoms with Gasteiger partial charge in [0.2, 0.25) is 8.42 Å². The van der Waals surface area contributed by atoms with E-state index in [1.807, 2.05) is 34.4 Å². The van der Waals surface area contributed by atoms with E-state index < -0.39 is 0 Å². The Morgan fingerprint density at radius 1 is 0.356 bits per heavy atom. The average Bonchev–Trinajstić information content (AvgIpc) is 3.76. The standard InChI is InChI=1S/C36H32S9/c1-37-25-5-13-29(14-6-25)44(30-15-7-26(38-2)8-16-30)35-23-21-33(42-35)41-34-22-24-36(43-34)45(31-17-9-27(39-3)10-18-31)32-19-11-28(40-4)12-20-32/h5-24H,1-4H3/q+2. The molecule has 6 rings (SSSR count). The predicted molar refractivity (Wildman–Crippen MR) is 210 cm³/mol. The Balaban J connectivity index is 1.29. The maximum absolute atomic E-state index is 2.35. The molecule has 0 aliphatic rings. The SMILES string of the molecule is CSc1ccc([S+](c2ccc(SC)cc2)c2ccc(Sc3ccc([S+](c4ccc(SC)cc4)c4ccc(SC)cc4)s3)s2)cc1. The summed E-state index contributed by atoms with van der Waals surface area (Å²) in [7, 11) is -0.284. The number of rotatable bonds is 12. The van der Waals surface area contributed by atoms with E-state index in [2.05, 4.69) is 146 Å². The van der Waals surface area contributed by atoms with Crippen LogP contribution in [0.1, 0.15) is 0 Å². The van der Waals surface area contributed by atoms with E-state index in [9.17, 15) is 0 Å². The van der Waals surface area contributed by atoms with Gasteiger partial charge in [0.1, 0.15) is 21.8 Å². The molecule has 0 fully saturated rings. The van der Waals surface area contributed by atoms with Crippen LogP contribution in [0.5, 0.6) is 0 Å². The van der Waals surface area contributed by atoms with Gasteiger partial charge < -0.3 is 0 Å². The van der Waals surface area contributed by atoms with Gasteiger partial charge in [-0.15, -0.1) is 47.0 Å². The lowest BCUT2D eigenvalue weighted by Gasteiger charge is -2.07. The Kier molecular flexibility index (Phi) is 12.1. The summed E-state index contributed by atoms with van der Waals surface area (Å²) in [6.45, 7) is 0. The molecule has 0 amide bonds. The third-order valence-corrected chi connectivity index (χ3v) is 18.4. The first-order valence-corrected chi connectivity index (χ1v) is 23.8. The van der Waals surface area contributed by atoms with Gasteiger partial charge in [-0.1, -0.05) is 34.4 Å². The lowest BCUT2D eigenvalue weighted by Crippen LogP contribution is -2.02. The van der Waals surface area contributed by atoms with Crippen molar-refractivity contribution >= 4 is 103 Å². The predicted octanol–water partition coefficient (Wildman–Crippen LogP) is 13.0. The molecule has 0 bridgehead atoms. The summed E-state index contributed by atoms with van der Waals surface area (Å²) in [6.07, 6.45) is 8.55. The van der Waals surface area contributed by atoms with Crippen LogP contribution in [0.4, 0.5) is 0 Å². The number of thioether (sulfide) groups is 4. The number of thiophene rings is 2. The highest BCUT2D eigenvalue weighted by Gasteiger charge is 2.33. The summed E-state index contributed by atoms with van der Waals surface area (Å²) >= 11 is 12.9. The van der Waals surface area contributed by atoms with Crippen molar-refractivity contribution in [3.8, 4) is 0 Å². The quantitative estimate of drug-likeness (QED) is 0.0899. The Labute approximate surface area is 302 Å². The number of hydrogen-bond donors (Lipinski definition) is 0. The van der Waals surface area contributed by atoms with E-state index in [4.69, 9.17) is 0 Å². The minimum atomic E-state index is -0.142. The first-order chi connectivity index (χ1) is 22.1. The molecule has 0 spiro atoms. The van der Waals surface area contributed by atoms with Crippen molar-refractivity contribution in [2.75, 3.05) is 25.0 Å². The monoisotopic (exact) mass is 752 g/mol. The van der Waals surface area contributed by atoms with Crippen LogP contribution in [0.25, 0.3) is 0 Å². The van der Waals surface area contributed by atoms with Crippen molar-refractivity contribution in [1.82, 2.24) is 0 Å². The maximum Gasteiger partial charge on any atom is 0.221 e. The lowest BCUT2D eigenvalue weighted by molar-refractivity contribution is 1.29. The highest BCUT2D eigenvalue weighted by Crippen LogP contribution is 2.45. The molecule has 2 heterocycles. The molecule has 0 radical (unpaired) electrons. The molecule has 0 unspecified atom stereocenters. The molecule has 0 saturated carbocycles. The summed E-state index contributed by atoms with van der Waals surface area (Å²) < 4.78 is 5.49. The zero-order valence-corrected chi connectivity index (χ0v) is 32.6. The van der Waals surface area contributed by atoms with Gasteiger partial charge in [-0.05, 0) is 134 Å². The van der Waals surface area contributed by atoms with Gasteiger partial charge >= 0.3 is 0 Å². The topological polar surface area (TPSA) is 0 Å². The fourth-order valence-electron chi connectivity index (χ4n) is 4.62. The van der Waals surface area contributed by atoms with Crippen molar-refractivity contribution in [3.05, 3.63) is 121 Å². The fourth-order valence-corrected chi connectivity index (χ4v) is 15.4.